The summed E-state index contributed by atoms with van der Waals surface area (Å²) in [6.45, 7) is 9.69. The highest BCUT2D eigenvalue weighted by Gasteiger charge is 2.62. The van der Waals surface area contributed by atoms with Crippen LogP contribution in [0.15, 0.2) is 97.1 Å². The zero-order chi connectivity index (χ0) is 98.7. The number of halogens is 4. The van der Waals surface area contributed by atoms with Gasteiger partial charge in [-0.3, -0.25) is 101 Å². The zero-order valence-corrected chi connectivity index (χ0v) is 75.5. The van der Waals surface area contributed by atoms with Crippen LogP contribution in [0, 0.1) is 5.92 Å². The Labute approximate surface area is 776 Å². The molecule has 9 aliphatic heterocycles. The van der Waals surface area contributed by atoms with Crippen LogP contribution in [-0.4, -0.2) is 350 Å². The summed E-state index contributed by atoms with van der Waals surface area (Å²) in [5, 5.41) is 74.1. The average Bonchev–Trinajstić information content (AvgIpc) is 1.66. The van der Waals surface area contributed by atoms with E-state index in [1.54, 1.807) is 43.3 Å². The number of carbonyl (C=O) groups is 18. The highest BCUT2D eigenvalue weighted by Crippen LogP contribution is 2.43. The first-order valence-electron chi connectivity index (χ1n) is 40.1. The van der Waals surface area contributed by atoms with Crippen molar-refractivity contribution in [3.8, 4) is 0 Å². The molecule has 0 bridgehead atoms. The number of carbonyl (C=O) groups excluding carboxylic acids is 18. The molecule has 9 aliphatic rings. The van der Waals surface area contributed by atoms with Crippen molar-refractivity contribution >= 4 is 158 Å². The average molecular weight is 2000 g/mol. The van der Waals surface area contributed by atoms with E-state index in [-0.39, 0.29) is 57.7 Å². The van der Waals surface area contributed by atoms with Gasteiger partial charge in [-0.1, -0.05) is 106 Å². The molecule has 0 aromatic heterocycles. The number of benzene rings is 4. The summed E-state index contributed by atoms with van der Waals surface area (Å²) in [6, 6.07) is 17.8. The number of alkyl halides is 4. The van der Waals surface area contributed by atoms with Crippen LogP contribution in [-0.2, 0) is 119 Å². The Morgan fingerprint density at radius 1 is 0.346 bits per heavy atom. The Morgan fingerprint density at radius 3 is 0.947 bits per heavy atom. The molecule has 0 saturated carbocycles. The highest BCUT2D eigenvalue weighted by molar-refractivity contribution is 9.09. The molecule has 0 radical (unpaired) electrons. The fourth-order valence-corrected chi connectivity index (χ4v) is 16.3. The van der Waals surface area contributed by atoms with Gasteiger partial charge in [-0.2, -0.15) is 0 Å². The molecule has 9 heterocycles. The van der Waals surface area contributed by atoms with Gasteiger partial charge in [0.1, 0.15) is 110 Å². The van der Waals surface area contributed by atoms with Crippen LogP contribution < -0.4 is 5.73 Å². The van der Waals surface area contributed by atoms with E-state index in [0.29, 0.717) is 9.80 Å². The Balaban J connectivity index is 0.000000193. The molecular weight excluding hydrogens is 1910 g/mol. The predicted octanol–water partition coefficient (Wildman–Crippen LogP) is -1.19. The fourth-order valence-electron chi connectivity index (χ4n) is 15.3. The van der Waals surface area contributed by atoms with Gasteiger partial charge in [0.2, 0.25) is 12.6 Å². The largest absolute Gasteiger partial charge is 0.463 e. The highest BCUT2D eigenvalue weighted by atomic mass is 79.9. The van der Waals surface area contributed by atoms with Gasteiger partial charge in [0.15, 0.2) is 37.0 Å². The lowest BCUT2D eigenvalue weighted by molar-refractivity contribution is -0.279. The molecule has 8 amide bonds. The lowest BCUT2D eigenvalue weighted by atomic mass is 9.88. The van der Waals surface area contributed by atoms with Crippen molar-refractivity contribution in [3.05, 3.63) is 142 Å². The van der Waals surface area contributed by atoms with Crippen molar-refractivity contribution in [1.82, 2.24) is 19.6 Å². The van der Waals surface area contributed by atoms with Crippen LogP contribution >= 0.6 is 50.7 Å². The number of nitrogens with zero attached hydrogens (tertiary/aromatic N) is 4. The van der Waals surface area contributed by atoms with Gasteiger partial charge in [-0.25, -0.2) is 4.79 Å². The molecule has 13 rings (SSSR count). The van der Waals surface area contributed by atoms with Gasteiger partial charge in [-0.05, 0) is 48.5 Å². The Hall–Kier alpha value is -11.1. The molecule has 25 atom stereocenters. The zero-order valence-electron chi connectivity index (χ0n) is 71.6. The van der Waals surface area contributed by atoms with Crippen LogP contribution in [0.25, 0.3) is 0 Å². The number of imide groups is 4. The summed E-state index contributed by atoms with van der Waals surface area (Å²) in [7, 11) is 0. The molecule has 10 N–H and O–H groups in total. The Morgan fingerprint density at radius 2 is 0.617 bits per heavy atom. The van der Waals surface area contributed by atoms with Crippen LogP contribution in [0.4, 0.5) is 0 Å². The van der Waals surface area contributed by atoms with Crippen molar-refractivity contribution in [2.45, 2.75) is 219 Å². The van der Waals surface area contributed by atoms with Crippen LogP contribution in [0.2, 0.25) is 0 Å². The fraction of sp³-hybridized carbons (Fsp3) is 0.494. The first-order chi connectivity index (χ1) is 62.5. The third-order valence-corrected chi connectivity index (χ3v) is 22.4. The van der Waals surface area contributed by atoms with E-state index in [1.807, 2.05) is 0 Å². The standard InChI is InChI=1S/C22H20Cl3NO11.C21H23NO9.C20H20BrNO9.C14H15NO7.C6H13NO5/c1-9(27)33-8-14-16(34-10(2)28)17(35-11(3)29)15(20(36-14)37-21(32)22(23,24)25)26-18(30)12-6-4-5-7-13(12)19(26)31;1-10-16(9-28-11(2)23)31-21(30-13(4)25)17(18(10)29-12(3)24)22-19(26)14-7-5-6-8-15(14)20(22)27;1-9(23)28-8-14-16(29-10(2)24)17(30-11(3)25)15(18(21)31-14)22-19(26)12-6-4-5-7-13(12)20(22)27;16-5-8-10(17)11(18)9(14(21)22-8)15-12(19)6-3-1-2-4-7(6)13(15)20;7-3-5(10)4(9)2(1-8)12-6(3)11/h4-7,14-17,20H,8H2,1-3H3;5-8,10,16-18,21H,9H2,1-4H3;4-7,14-18H,8H2,1-3H3;1-4,8-11,14,16-18,21H,5H2;2-6,8-11H,1,7H2. The quantitative estimate of drug-likeness (QED) is 0.0231. The SMILES string of the molecule is CC(=O)OCC1OC(Br)C(N2C(=O)c3ccccc3C2=O)C(OC(C)=O)C1OC(C)=O.CC(=O)OCC1OC(OC(=O)C(Cl)(Cl)Cl)C(N2C(=O)c3ccccc3C2=O)C(OC(C)=O)C1OC(C)=O.CC(=O)OCC1OC(OC(C)=O)C(N2C(=O)c3ccccc3C2=O)C(OC(C)=O)C1C.NC1C(O)OC(CO)C(O)C1O.O=C1c2ccccc2C(=O)N1C1C(O)OC(CO)C(O)C1O. The number of esters is 10. The molecule has 50 heteroatoms. The maximum absolute atomic E-state index is 13.3. The van der Waals surface area contributed by atoms with Gasteiger partial charge < -0.3 is 118 Å². The van der Waals surface area contributed by atoms with Crippen molar-refractivity contribution in [3.63, 3.8) is 0 Å². The molecule has 4 aromatic carbocycles. The maximum atomic E-state index is 13.3. The van der Waals surface area contributed by atoms with E-state index in [2.05, 4.69) is 15.9 Å². The summed E-state index contributed by atoms with van der Waals surface area (Å²) in [4.78, 5) is 224. The van der Waals surface area contributed by atoms with E-state index in [0.717, 1.165) is 51.3 Å². The lowest BCUT2D eigenvalue weighted by Gasteiger charge is -2.46. The minimum atomic E-state index is -2.61. The molecule has 5 saturated heterocycles. The molecule has 0 spiro atoms. The number of amides is 8. The number of aliphatic hydroxyl groups is 8. The number of ether oxygens (including phenoxy) is 15. The van der Waals surface area contributed by atoms with Crippen molar-refractivity contribution in [1.29, 1.82) is 0 Å². The monoisotopic (exact) mass is 2000 g/mol. The number of rotatable bonds is 19. The molecule has 0 aliphatic carbocycles. The van der Waals surface area contributed by atoms with Gasteiger partial charge in [-0.15, -0.1) is 0 Å². The summed E-state index contributed by atoms with van der Waals surface area (Å²) < 4.78 is 76.8. The van der Waals surface area contributed by atoms with Crippen LogP contribution in [0.5, 0.6) is 0 Å². The van der Waals surface area contributed by atoms with E-state index in [4.69, 9.17) is 127 Å². The maximum Gasteiger partial charge on any atom is 0.360 e. The lowest BCUT2D eigenvalue weighted by Crippen LogP contribution is -2.68. The van der Waals surface area contributed by atoms with Gasteiger partial charge in [0, 0.05) is 68.2 Å². The number of nitrogens with two attached hydrogens (primary N) is 1. The minimum Gasteiger partial charge on any atom is -0.463 e. The van der Waals surface area contributed by atoms with E-state index in [1.165, 1.54) is 81.4 Å². The second-order valence-corrected chi connectivity index (χ2v) is 33.5. The van der Waals surface area contributed by atoms with Gasteiger partial charge in [0.05, 0.1) is 63.8 Å². The van der Waals surface area contributed by atoms with E-state index < -0.39 is 282 Å². The number of hydrogen-bond acceptors (Lipinski definition) is 42. The molecule has 25 unspecified atom stereocenters. The molecular formula is C83H91BrCl3N5O41. The summed E-state index contributed by atoms with van der Waals surface area (Å²) in [5.41, 5.74) is 6.35. The minimum absolute atomic E-state index is 0.00611. The third-order valence-electron chi connectivity index (χ3n) is 21.2. The van der Waals surface area contributed by atoms with Crippen molar-refractivity contribution < 1.29 is 198 Å². The molecule has 5 fully saturated rings. The smallest absolute Gasteiger partial charge is 0.360 e. The number of hydrogen-bond donors (Lipinski definition) is 9. The van der Waals surface area contributed by atoms with Crippen LogP contribution in [0.1, 0.15) is 152 Å². The second-order valence-electron chi connectivity index (χ2n) is 30.4. The Bertz CT molecular complexity index is 4970. The second kappa shape index (κ2) is 45.3. The van der Waals surface area contributed by atoms with E-state index in [9.17, 15) is 112 Å². The summed E-state index contributed by atoms with van der Waals surface area (Å²) in [5.74, 6) is -14.0. The number of aliphatic hydroxyl groups excluding tert-OH is 8. The molecule has 722 valence electrons. The topological polar surface area (TPSA) is 647 Å². The van der Waals surface area contributed by atoms with Gasteiger partial charge in [0.25, 0.3) is 51.0 Å². The number of fused-ring (bicyclic) bond motifs is 4. The third kappa shape index (κ3) is 24.2. The van der Waals surface area contributed by atoms with Crippen molar-refractivity contribution in [2.24, 2.45) is 11.7 Å². The summed E-state index contributed by atoms with van der Waals surface area (Å²) in [6.07, 6.45) is -24.3. The molecule has 46 nitrogen and oxygen atoms in total. The normalized spacial score (nSPS) is 30.1. The van der Waals surface area contributed by atoms with Crippen LogP contribution in [0.3, 0.4) is 0 Å². The predicted molar refractivity (Wildman–Crippen MR) is 441 cm³/mol. The molecule has 4 aromatic rings. The first kappa shape index (κ1) is 106. The molecule has 133 heavy (non-hydrogen) atoms. The van der Waals surface area contributed by atoms with E-state index >= 15 is 0 Å². The van der Waals surface area contributed by atoms with Gasteiger partial charge >= 0.3 is 59.7 Å². The summed E-state index contributed by atoms with van der Waals surface area (Å²) >= 11 is 20.2. The van der Waals surface area contributed by atoms with Crippen molar-refractivity contribution in [2.75, 3.05) is 33.0 Å². The first-order valence-corrected chi connectivity index (χ1v) is 42.1. The Kier molecular flexibility index (Phi) is 36.0.